The van der Waals surface area contributed by atoms with Crippen molar-refractivity contribution in [2.75, 3.05) is 4.90 Å². The van der Waals surface area contributed by atoms with Gasteiger partial charge in [-0.2, -0.15) is 0 Å². The first-order valence-corrected chi connectivity index (χ1v) is 12.4. The molecule has 1 fully saturated rings. The van der Waals surface area contributed by atoms with Crippen LogP contribution in [0.5, 0.6) is 0 Å². The lowest BCUT2D eigenvalue weighted by molar-refractivity contribution is -0.527. The predicted octanol–water partition coefficient (Wildman–Crippen LogP) is 5.26. The van der Waals surface area contributed by atoms with E-state index >= 15 is 0 Å². The lowest BCUT2D eigenvalue weighted by atomic mass is 9.74. The second-order valence-corrected chi connectivity index (χ2v) is 9.98. The third-order valence-corrected chi connectivity index (χ3v) is 8.13. The van der Waals surface area contributed by atoms with Crippen LogP contribution in [0, 0.1) is 10.1 Å². The first-order valence-electron chi connectivity index (χ1n) is 11.6. The van der Waals surface area contributed by atoms with Gasteiger partial charge in [-0.1, -0.05) is 84.9 Å². The van der Waals surface area contributed by atoms with E-state index in [2.05, 4.69) is 5.32 Å². The normalized spacial score (nSPS) is 25.2. The number of rotatable bonds is 5. The SMILES string of the molecule is O=C1N(Cc2ccccc2)c2ccccc2[C@]12N[C@@H](c1cccs1)[C@@H]([N+](=O)[O-])[C@@H]2c1ccccc1. The molecule has 4 aromatic rings. The van der Waals surface area contributed by atoms with Crippen molar-refractivity contribution in [3.05, 3.63) is 134 Å². The lowest BCUT2D eigenvalue weighted by Crippen LogP contribution is -2.50. The fourth-order valence-corrected chi connectivity index (χ4v) is 6.59. The van der Waals surface area contributed by atoms with E-state index in [-0.39, 0.29) is 10.8 Å². The molecule has 1 amide bonds. The Bertz CT molecular complexity index is 1380. The van der Waals surface area contributed by atoms with Gasteiger partial charge in [-0.15, -0.1) is 11.3 Å². The van der Waals surface area contributed by atoms with E-state index in [0.717, 1.165) is 27.3 Å². The Kier molecular flexibility index (Phi) is 5.24. The van der Waals surface area contributed by atoms with E-state index in [1.165, 1.54) is 11.3 Å². The van der Waals surface area contributed by atoms with Crippen LogP contribution in [-0.2, 0) is 16.9 Å². The highest BCUT2D eigenvalue weighted by molar-refractivity contribution is 7.10. The Morgan fingerprint density at radius 3 is 2.29 bits per heavy atom. The summed E-state index contributed by atoms with van der Waals surface area (Å²) in [6.45, 7) is 0.397. The van der Waals surface area contributed by atoms with Gasteiger partial charge in [0.2, 0.25) is 6.04 Å². The Morgan fingerprint density at radius 1 is 0.914 bits per heavy atom. The molecule has 1 saturated heterocycles. The molecule has 0 radical (unpaired) electrons. The number of nitrogens with zero attached hydrogens (tertiary/aromatic N) is 2. The van der Waals surface area contributed by atoms with Crippen molar-refractivity contribution in [2.24, 2.45) is 0 Å². The molecule has 174 valence electrons. The van der Waals surface area contributed by atoms with Crippen molar-refractivity contribution < 1.29 is 9.72 Å². The Hall–Kier alpha value is -3.81. The molecule has 4 atom stereocenters. The number of hydrogen-bond donors (Lipinski definition) is 1. The maximum Gasteiger partial charge on any atom is 0.253 e. The second kappa shape index (κ2) is 8.45. The average Bonchev–Trinajstić information content (AvgIpc) is 3.59. The predicted molar refractivity (Wildman–Crippen MR) is 136 cm³/mol. The van der Waals surface area contributed by atoms with Gasteiger partial charge < -0.3 is 4.90 Å². The van der Waals surface area contributed by atoms with Crippen LogP contribution in [0.15, 0.2) is 102 Å². The molecule has 6 nitrogen and oxygen atoms in total. The highest BCUT2D eigenvalue weighted by Gasteiger charge is 2.68. The third kappa shape index (κ3) is 3.31. The summed E-state index contributed by atoms with van der Waals surface area (Å²) in [4.78, 5) is 29.6. The number of hydrogen-bond acceptors (Lipinski definition) is 5. The van der Waals surface area contributed by atoms with E-state index in [0.29, 0.717) is 6.54 Å². The van der Waals surface area contributed by atoms with Gasteiger partial charge in [-0.25, -0.2) is 0 Å². The van der Waals surface area contributed by atoms with Crippen LogP contribution in [0.4, 0.5) is 5.69 Å². The molecule has 0 aliphatic carbocycles. The molecular formula is C28H23N3O3S. The minimum atomic E-state index is -1.25. The molecular weight excluding hydrogens is 458 g/mol. The molecule has 35 heavy (non-hydrogen) atoms. The van der Waals surface area contributed by atoms with Crippen molar-refractivity contribution in [1.29, 1.82) is 0 Å². The summed E-state index contributed by atoms with van der Waals surface area (Å²) in [6.07, 6.45) is 0. The summed E-state index contributed by atoms with van der Waals surface area (Å²) in [7, 11) is 0. The molecule has 7 heteroatoms. The van der Waals surface area contributed by atoms with Gasteiger partial charge >= 0.3 is 0 Å². The molecule has 1 N–H and O–H groups in total. The maximum atomic E-state index is 14.5. The number of nitrogens with one attached hydrogen (secondary N) is 1. The molecule has 1 aromatic heterocycles. The number of thiophene rings is 1. The van der Waals surface area contributed by atoms with Gasteiger partial charge in [0.05, 0.1) is 12.5 Å². The number of nitro groups is 1. The zero-order valence-electron chi connectivity index (χ0n) is 18.8. The number of anilines is 1. The number of carbonyl (C=O) groups excluding carboxylic acids is 1. The van der Waals surface area contributed by atoms with E-state index in [1.807, 2.05) is 102 Å². The van der Waals surface area contributed by atoms with Crippen LogP contribution >= 0.6 is 11.3 Å². The van der Waals surface area contributed by atoms with E-state index in [4.69, 9.17) is 0 Å². The summed E-state index contributed by atoms with van der Waals surface area (Å²) in [5, 5.41) is 18.1. The minimum absolute atomic E-state index is 0.151. The smallest absolute Gasteiger partial charge is 0.253 e. The van der Waals surface area contributed by atoms with Crippen molar-refractivity contribution >= 4 is 22.9 Å². The molecule has 0 saturated carbocycles. The number of amides is 1. The van der Waals surface area contributed by atoms with Crippen molar-refractivity contribution in [3.63, 3.8) is 0 Å². The van der Waals surface area contributed by atoms with Crippen molar-refractivity contribution in [2.45, 2.75) is 30.1 Å². The quantitative estimate of drug-likeness (QED) is 0.312. The van der Waals surface area contributed by atoms with Crippen LogP contribution in [0.25, 0.3) is 0 Å². The third-order valence-electron chi connectivity index (χ3n) is 7.17. The number of benzene rings is 3. The van der Waals surface area contributed by atoms with Crippen LogP contribution < -0.4 is 10.2 Å². The van der Waals surface area contributed by atoms with E-state index < -0.39 is 23.5 Å². The number of para-hydroxylation sites is 1. The molecule has 2 aliphatic heterocycles. The summed E-state index contributed by atoms with van der Waals surface area (Å²) in [6, 6.07) is 29.2. The number of carbonyl (C=O) groups is 1. The van der Waals surface area contributed by atoms with Gasteiger partial charge in [-0.05, 0) is 28.6 Å². The highest BCUT2D eigenvalue weighted by Crippen LogP contribution is 2.57. The zero-order valence-corrected chi connectivity index (χ0v) is 19.6. The van der Waals surface area contributed by atoms with Crippen LogP contribution in [-0.4, -0.2) is 16.9 Å². The molecule has 6 rings (SSSR count). The monoisotopic (exact) mass is 481 g/mol. The summed E-state index contributed by atoms with van der Waals surface area (Å²) in [5.74, 6) is -0.831. The number of fused-ring (bicyclic) bond motifs is 2. The first-order chi connectivity index (χ1) is 17.1. The Labute approximate surface area is 207 Å². The molecule has 3 aromatic carbocycles. The molecule has 0 bridgehead atoms. The van der Waals surface area contributed by atoms with Gasteiger partial charge in [0, 0.05) is 21.1 Å². The van der Waals surface area contributed by atoms with Gasteiger partial charge in [0.15, 0.2) is 0 Å². The van der Waals surface area contributed by atoms with Crippen molar-refractivity contribution in [1.82, 2.24) is 5.32 Å². The second-order valence-electron chi connectivity index (χ2n) is 9.00. The van der Waals surface area contributed by atoms with E-state index in [1.54, 1.807) is 4.90 Å². The topological polar surface area (TPSA) is 75.5 Å². The molecule has 3 heterocycles. The fourth-order valence-electron chi connectivity index (χ4n) is 5.77. The minimum Gasteiger partial charge on any atom is -0.306 e. The summed E-state index contributed by atoms with van der Waals surface area (Å²) < 4.78 is 0. The zero-order chi connectivity index (χ0) is 24.0. The summed E-state index contributed by atoms with van der Waals surface area (Å²) in [5.41, 5.74) is 2.12. The molecule has 0 unspecified atom stereocenters. The average molecular weight is 482 g/mol. The van der Waals surface area contributed by atoms with Crippen LogP contribution in [0.2, 0.25) is 0 Å². The largest absolute Gasteiger partial charge is 0.306 e. The van der Waals surface area contributed by atoms with Crippen LogP contribution in [0.1, 0.15) is 33.5 Å². The van der Waals surface area contributed by atoms with Gasteiger partial charge in [0.1, 0.15) is 11.6 Å². The fraction of sp³-hybridized carbons (Fsp3) is 0.179. The molecule has 1 spiro atoms. The van der Waals surface area contributed by atoms with Crippen LogP contribution in [0.3, 0.4) is 0 Å². The molecule has 2 aliphatic rings. The maximum absolute atomic E-state index is 14.5. The summed E-state index contributed by atoms with van der Waals surface area (Å²) >= 11 is 1.47. The van der Waals surface area contributed by atoms with Gasteiger partial charge in [-0.3, -0.25) is 20.2 Å². The lowest BCUT2D eigenvalue weighted by Gasteiger charge is -2.31. The van der Waals surface area contributed by atoms with E-state index in [9.17, 15) is 14.9 Å². The highest BCUT2D eigenvalue weighted by atomic mass is 32.1. The Balaban J connectivity index is 1.57. The first kappa shape index (κ1) is 21.7. The van der Waals surface area contributed by atoms with Gasteiger partial charge in [0.25, 0.3) is 5.91 Å². The van der Waals surface area contributed by atoms with Crippen molar-refractivity contribution in [3.8, 4) is 0 Å². The Morgan fingerprint density at radius 2 is 1.60 bits per heavy atom. The standard InChI is InChI=1S/C28H23N3O3S/c32-27-28(21-14-7-8-15-22(21)30(27)18-19-10-3-1-4-11-19)24(20-12-5-2-6-13-20)26(31(33)34)25(29-28)23-16-9-17-35-23/h1-17,24-26,29H,18H2/t24-,25-,26-,28+/m0/s1.